The molecule has 1 unspecified atom stereocenters. The minimum absolute atomic E-state index is 0.144. The number of hydrogen-bond acceptors (Lipinski definition) is 6. The predicted octanol–water partition coefficient (Wildman–Crippen LogP) is 2.08. The van der Waals surface area contributed by atoms with Crippen molar-refractivity contribution in [2.45, 2.75) is 50.7 Å². The first-order chi connectivity index (χ1) is 12.6. The van der Waals surface area contributed by atoms with Gasteiger partial charge >= 0.3 is 0 Å². The van der Waals surface area contributed by atoms with E-state index in [1.54, 1.807) is 6.33 Å². The predicted molar refractivity (Wildman–Crippen MR) is 102 cm³/mol. The summed E-state index contributed by atoms with van der Waals surface area (Å²) in [6, 6.07) is 0.387. The average molecular weight is 358 g/mol. The molecule has 0 amide bonds. The number of nitrogens with zero attached hydrogens (tertiary/aromatic N) is 6. The normalized spacial score (nSPS) is 26.9. The first kappa shape index (κ1) is 17.7. The number of hydrogen-bond donors (Lipinski definition) is 1. The van der Waals surface area contributed by atoms with Crippen LogP contribution in [0, 0.1) is 5.92 Å². The first-order valence-corrected chi connectivity index (χ1v) is 9.87. The highest BCUT2D eigenvalue weighted by Crippen LogP contribution is 2.33. The number of anilines is 1. The molecule has 3 heterocycles. The van der Waals surface area contributed by atoms with Gasteiger partial charge in [-0.1, -0.05) is 0 Å². The summed E-state index contributed by atoms with van der Waals surface area (Å²) in [5, 5.41) is 9.77. The van der Waals surface area contributed by atoms with E-state index in [4.69, 9.17) is 0 Å². The number of fused-ring (bicyclic) bond motifs is 1. The van der Waals surface area contributed by atoms with E-state index in [9.17, 15) is 5.11 Å². The Balaban J connectivity index is 1.52. The summed E-state index contributed by atoms with van der Waals surface area (Å²) in [6.07, 6.45) is 9.62. The maximum atomic E-state index is 9.77. The molecule has 2 fully saturated rings. The van der Waals surface area contributed by atoms with Crippen molar-refractivity contribution in [2.75, 3.05) is 38.6 Å². The molecular weight excluding hydrogens is 328 g/mol. The molecule has 1 aliphatic heterocycles. The molecule has 4 rings (SSSR count). The number of aliphatic hydroxyl groups excluding tert-OH is 1. The summed E-state index contributed by atoms with van der Waals surface area (Å²) in [6.45, 7) is 3.25. The molecule has 1 aliphatic carbocycles. The van der Waals surface area contributed by atoms with E-state index in [-0.39, 0.29) is 6.10 Å². The Hall–Kier alpha value is -1.73. The molecule has 7 nitrogen and oxygen atoms in total. The van der Waals surface area contributed by atoms with Crippen molar-refractivity contribution in [1.82, 2.24) is 24.4 Å². The van der Waals surface area contributed by atoms with Crippen molar-refractivity contribution in [1.29, 1.82) is 0 Å². The van der Waals surface area contributed by atoms with Gasteiger partial charge in [-0.3, -0.25) is 0 Å². The first-order valence-electron chi connectivity index (χ1n) is 9.87. The van der Waals surface area contributed by atoms with Gasteiger partial charge in [0.1, 0.15) is 6.33 Å². The van der Waals surface area contributed by atoms with Gasteiger partial charge in [0.25, 0.3) is 0 Å². The number of rotatable bonds is 5. The Morgan fingerprint density at radius 3 is 2.69 bits per heavy atom. The van der Waals surface area contributed by atoms with Crippen LogP contribution in [0.1, 0.15) is 44.6 Å². The van der Waals surface area contributed by atoms with Crippen molar-refractivity contribution in [3.8, 4) is 0 Å². The zero-order valence-corrected chi connectivity index (χ0v) is 15.9. The van der Waals surface area contributed by atoms with Crippen LogP contribution in [-0.4, -0.2) is 69.4 Å². The molecule has 142 valence electrons. The highest BCUT2D eigenvalue weighted by atomic mass is 16.3. The smallest absolute Gasteiger partial charge is 0.165 e. The second kappa shape index (κ2) is 7.48. The van der Waals surface area contributed by atoms with E-state index < -0.39 is 0 Å². The molecule has 0 aromatic carbocycles. The van der Waals surface area contributed by atoms with E-state index in [0.29, 0.717) is 6.04 Å². The lowest BCUT2D eigenvalue weighted by Gasteiger charge is -2.26. The monoisotopic (exact) mass is 358 g/mol. The quantitative estimate of drug-likeness (QED) is 0.882. The van der Waals surface area contributed by atoms with E-state index >= 15 is 0 Å². The third kappa shape index (κ3) is 3.55. The molecule has 7 heteroatoms. The lowest BCUT2D eigenvalue weighted by molar-refractivity contribution is 0.111. The van der Waals surface area contributed by atoms with E-state index in [0.717, 1.165) is 68.2 Å². The fourth-order valence-corrected chi connectivity index (χ4v) is 4.38. The van der Waals surface area contributed by atoms with Gasteiger partial charge in [0.05, 0.1) is 12.4 Å². The lowest BCUT2D eigenvalue weighted by atomic mass is 9.93. The third-order valence-electron chi connectivity index (χ3n) is 5.97. The highest BCUT2D eigenvalue weighted by molar-refractivity contribution is 5.83. The Kier molecular flexibility index (Phi) is 5.09. The maximum Gasteiger partial charge on any atom is 0.165 e. The number of aliphatic hydroxyl groups is 1. The van der Waals surface area contributed by atoms with Crippen LogP contribution in [-0.2, 0) is 0 Å². The summed E-state index contributed by atoms with van der Waals surface area (Å²) in [5.41, 5.74) is 1.86. The minimum atomic E-state index is -0.144. The minimum Gasteiger partial charge on any atom is -0.393 e. The van der Waals surface area contributed by atoms with Crippen molar-refractivity contribution >= 4 is 17.0 Å². The summed E-state index contributed by atoms with van der Waals surface area (Å²) in [4.78, 5) is 18.4. The van der Waals surface area contributed by atoms with Crippen molar-refractivity contribution in [3.63, 3.8) is 0 Å². The molecule has 26 heavy (non-hydrogen) atoms. The standard InChI is InChI=1S/C19H30N6O/c1-23(2)9-7-14-8-10-24(11-14)18-17-19(21-12-20-18)25(13-22-17)15-3-5-16(26)6-4-15/h12-16,26H,3-11H2,1-2H3. The Morgan fingerprint density at radius 2 is 1.92 bits per heavy atom. The molecular formula is C19H30N6O. The zero-order chi connectivity index (χ0) is 18.1. The summed E-state index contributed by atoms with van der Waals surface area (Å²) in [7, 11) is 4.27. The van der Waals surface area contributed by atoms with E-state index in [2.05, 4.69) is 43.4 Å². The van der Waals surface area contributed by atoms with Gasteiger partial charge in [-0.2, -0.15) is 0 Å². The van der Waals surface area contributed by atoms with Crippen LogP contribution < -0.4 is 4.90 Å². The summed E-state index contributed by atoms with van der Waals surface area (Å²) in [5.74, 6) is 1.71. The van der Waals surface area contributed by atoms with Gasteiger partial charge in [-0.15, -0.1) is 0 Å². The van der Waals surface area contributed by atoms with Crippen molar-refractivity contribution in [3.05, 3.63) is 12.7 Å². The Bertz CT molecular complexity index is 737. The molecule has 2 aromatic rings. The topological polar surface area (TPSA) is 70.3 Å². The molecule has 1 atom stereocenters. The number of aromatic nitrogens is 4. The molecule has 0 bridgehead atoms. The molecule has 1 saturated heterocycles. The SMILES string of the molecule is CN(C)CCC1CCN(c2ncnc3c2ncn3C2CCC(O)CC2)C1. The van der Waals surface area contributed by atoms with Gasteiger partial charge in [0.2, 0.25) is 0 Å². The Morgan fingerprint density at radius 1 is 1.12 bits per heavy atom. The third-order valence-corrected chi connectivity index (χ3v) is 5.97. The molecule has 1 saturated carbocycles. The van der Waals surface area contributed by atoms with E-state index in [1.165, 1.54) is 12.8 Å². The highest BCUT2D eigenvalue weighted by Gasteiger charge is 2.27. The van der Waals surface area contributed by atoms with Crippen LogP contribution in [0.5, 0.6) is 0 Å². The van der Waals surface area contributed by atoms with Crippen molar-refractivity contribution < 1.29 is 5.11 Å². The summed E-state index contributed by atoms with van der Waals surface area (Å²) < 4.78 is 2.20. The largest absolute Gasteiger partial charge is 0.393 e. The van der Waals surface area contributed by atoms with Crippen LogP contribution in [0.2, 0.25) is 0 Å². The second-order valence-electron chi connectivity index (χ2n) is 8.18. The Labute approximate surface area is 155 Å². The van der Waals surface area contributed by atoms with Crippen molar-refractivity contribution in [2.24, 2.45) is 5.92 Å². The maximum absolute atomic E-state index is 9.77. The van der Waals surface area contributed by atoms with Gasteiger partial charge in [0.15, 0.2) is 17.0 Å². The van der Waals surface area contributed by atoms with Crippen LogP contribution in [0.3, 0.4) is 0 Å². The van der Waals surface area contributed by atoms with E-state index in [1.807, 2.05) is 6.33 Å². The molecule has 1 N–H and O–H groups in total. The van der Waals surface area contributed by atoms with Gasteiger partial charge in [0, 0.05) is 19.1 Å². The lowest BCUT2D eigenvalue weighted by Crippen LogP contribution is -2.23. The average Bonchev–Trinajstić information content (AvgIpc) is 3.27. The zero-order valence-electron chi connectivity index (χ0n) is 15.9. The van der Waals surface area contributed by atoms with Crippen LogP contribution >= 0.6 is 0 Å². The molecule has 0 spiro atoms. The fraction of sp³-hybridized carbons (Fsp3) is 0.737. The fourth-order valence-electron chi connectivity index (χ4n) is 4.38. The molecule has 0 radical (unpaired) electrons. The second-order valence-corrected chi connectivity index (χ2v) is 8.18. The molecule has 2 aromatic heterocycles. The summed E-state index contributed by atoms with van der Waals surface area (Å²) >= 11 is 0. The van der Waals surface area contributed by atoms with Crippen LogP contribution in [0.25, 0.3) is 11.2 Å². The van der Waals surface area contributed by atoms with Crippen LogP contribution in [0.4, 0.5) is 5.82 Å². The van der Waals surface area contributed by atoms with Gasteiger partial charge in [-0.05, 0) is 65.1 Å². The van der Waals surface area contributed by atoms with Gasteiger partial charge in [-0.25, -0.2) is 15.0 Å². The van der Waals surface area contributed by atoms with Gasteiger partial charge < -0.3 is 19.5 Å². The van der Waals surface area contributed by atoms with Crippen LogP contribution in [0.15, 0.2) is 12.7 Å². The number of imidazole rings is 1. The molecule has 2 aliphatic rings.